The number of ether oxygens (including phenoxy) is 2. The van der Waals surface area contributed by atoms with Crippen LogP contribution in [0.1, 0.15) is 51.4 Å². The second-order valence-electron chi connectivity index (χ2n) is 8.68. The van der Waals surface area contributed by atoms with Crippen LogP contribution in [0.5, 0.6) is 5.75 Å². The van der Waals surface area contributed by atoms with Gasteiger partial charge in [0.1, 0.15) is 5.75 Å². The maximum Gasteiger partial charge on any atom is 0.248 e. The van der Waals surface area contributed by atoms with E-state index in [1.54, 1.807) is 17.0 Å². The zero-order chi connectivity index (χ0) is 23.6. The Morgan fingerprint density at radius 2 is 2.00 bits per heavy atom. The lowest BCUT2D eigenvalue weighted by atomic mass is 9.88. The number of pyridine rings is 1. The van der Waals surface area contributed by atoms with E-state index in [1.165, 1.54) is 19.6 Å². The van der Waals surface area contributed by atoms with Crippen LogP contribution in [0.15, 0.2) is 35.1 Å². The van der Waals surface area contributed by atoms with Crippen molar-refractivity contribution < 1.29 is 24.2 Å². The number of amides is 1. The first-order valence-electron chi connectivity index (χ1n) is 11.7. The van der Waals surface area contributed by atoms with E-state index in [9.17, 15) is 19.5 Å². The van der Waals surface area contributed by atoms with Crippen molar-refractivity contribution >= 4 is 23.1 Å². The predicted octanol–water partition coefficient (Wildman–Crippen LogP) is 3.02. The lowest BCUT2D eigenvalue weighted by Gasteiger charge is -2.36. The summed E-state index contributed by atoms with van der Waals surface area (Å²) in [6.07, 6.45) is 5.27. The average Bonchev–Trinajstić information content (AvgIpc) is 2.84. The zero-order valence-electron chi connectivity index (χ0n) is 19.2. The third-order valence-electron chi connectivity index (χ3n) is 6.23. The van der Waals surface area contributed by atoms with Crippen LogP contribution in [0.3, 0.4) is 0 Å². The van der Waals surface area contributed by atoms with Crippen molar-refractivity contribution in [3.63, 3.8) is 0 Å². The highest BCUT2D eigenvalue weighted by Crippen LogP contribution is 2.26. The molecule has 0 saturated heterocycles. The van der Waals surface area contributed by atoms with Gasteiger partial charge in [0.05, 0.1) is 6.61 Å². The van der Waals surface area contributed by atoms with Crippen LogP contribution in [-0.2, 0) is 14.3 Å². The minimum Gasteiger partial charge on any atom is -0.494 e. The first-order valence-corrected chi connectivity index (χ1v) is 11.7. The number of H-pyrrole nitrogens is 1. The van der Waals surface area contributed by atoms with E-state index in [0.717, 1.165) is 36.6 Å². The largest absolute Gasteiger partial charge is 0.494 e. The highest BCUT2D eigenvalue weighted by Gasteiger charge is 2.31. The Morgan fingerprint density at radius 3 is 2.73 bits per heavy atom. The van der Waals surface area contributed by atoms with E-state index in [2.05, 4.69) is 4.98 Å². The molecule has 180 valence electrons. The molecule has 1 aliphatic carbocycles. The predicted molar refractivity (Wildman–Crippen MR) is 125 cm³/mol. The fourth-order valence-electron chi connectivity index (χ4n) is 4.45. The summed E-state index contributed by atoms with van der Waals surface area (Å²) in [6.45, 7) is 0.952. The molecule has 1 amide bonds. The molecule has 0 bridgehead atoms. The first-order chi connectivity index (χ1) is 16.0. The third kappa shape index (κ3) is 7.14. The number of aromatic amines is 1. The molecule has 1 saturated carbocycles. The van der Waals surface area contributed by atoms with Gasteiger partial charge in [-0.15, -0.1) is 0 Å². The normalized spacial score (nSPS) is 16.3. The van der Waals surface area contributed by atoms with Crippen molar-refractivity contribution in [2.75, 3.05) is 20.3 Å². The number of methoxy groups -OCH3 is 1. The molecule has 8 heteroatoms. The molecule has 0 radical (unpaired) electrons. The molecule has 1 fully saturated rings. The summed E-state index contributed by atoms with van der Waals surface area (Å²) >= 11 is 0. The molecule has 33 heavy (non-hydrogen) atoms. The number of hydrogen-bond donors (Lipinski definition) is 2. The molecule has 3 rings (SSSR count). The maximum atomic E-state index is 13.0. The lowest BCUT2D eigenvalue weighted by molar-refractivity contribution is -0.159. The molecule has 1 aliphatic rings. The van der Waals surface area contributed by atoms with E-state index in [1.807, 2.05) is 12.1 Å². The summed E-state index contributed by atoms with van der Waals surface area (Å²) in [5, 5.41) is 11.0. The number of aliphatic hydroxyl groups excluding tert-OH is 1. The number of carbonyl (C=O) groups excluding carboxylic acids is 2. The highest BCUT2D eigenvalue weighted by atomic mass is 16.5. The molecule has 8 nitrogen and oxygen atoms in total. The van der Waals surface area contributed by atoms with Crippen LogP contribution in [0.4, 0.5) is 0 Å². The molecule has 2 aromatic rings. The van der Waals surface area contributed by atoms with Gasteiger partial charge in [-0.3, -0.25) is 9.59 Å². The molecule has 0 aliphatic heterocycles. The van der Waals surface area contributed by atoms with Gasteiger partial charge in [-0.05, 0) is 55.9 Å². The number of fused-ring (bicyclic) bond motifs is 1. The van der Waals surface area contributed by atoms with Crippen LogP contribution in [0.25, 0.3) is 10.9 Å². The Morgan fingerprint density at radius 1 is 1.21 bits per heavy atom. The van der Waals surface area contributed by atoms with Crippen molar-refractivity contribution in [1.29, 1.82) is 0 Å². The third-order valence-corrected chi connectivity index (χ3v) is 6.23. The number of hydrogen-bond acceptors (Lipinski definition) is 6. The maximum absolute atomic E-state index is 13.0. The van der Waals surface area contributed by atoms with Crippen LogP contribution in [-0.4, -0.2) is 59.8 Å². The molecule has 1 aromatic heterocycles. The van der Waals surface area contributed by atoms with Gasteiger partial charge in [0.2, 0.25) is 11.5 Å². The molecule has 0 spiro atoms. The van der Waals surface area contributed by atoms with Gasteiger partial charge in [-0.1, -0.05) is 19.3 Å². The van der Waals surface area contributed by atoms with Crippen LogP contribution in [0, 0.1) is 5.92 Å². The standard InChI is InChI=1S/C25H34N2O6/c1-32-25(22(29)17-28)27(16-18-7-3-2-4-8-18)24(31)9-5-6-14-33-20-11-12-21-19(15-20)10-13-23(30)26-21/h10-13,15,17-18,22,25,29H,2-9,14,16H2,1H3,(H,26,30). The molecule has 2 N–H and O–H groups in total. The van der Waals surface area contributed by atoms with Crippen molar-refractivity contribution in [3.05, 3.63) is 40.7 Å². The Hall–Kier alpha value is -2.71. The van der Waals surface area contributed by atoms with Gasteiger partial charge in [0, 0.05) is 37.0 Å². The fraction of sp³-hybridized carbons (Fsp3) is 0.560. The summed E-state index contributed by atoms with van der Waals surface area (Å²) in [5.41, 5.74) is 0.610. The van der Waals surface area contributed by atoms with Gasteiger partial charge >= 0.3 is 0 Å². The molecule has 1 heterocycles. The minimum atomic E-state index is -1.37. The SMILES string of the molecule is COC(C(O)C=O)N(CC1CCCCC1)C(=O)CCCCOc1ccc2[nH]c(=O)ccc2c1. The summed E-state index contributed by atoms with van der Waals surface area (Å²) in [6, 6.07) is 8.71. The molecular formula is C25H34N2O6. The first kappa shape index (κ1) is 24.9. The number of rotatable bonds is 12. The second kappa shape index (κ2) is 12.5. The number of nitrogens with zero attached hydrogens (tertiary/aromatic N) is 1. The number of nitrogens with one attached hydrogen (secondary N) is 1. The van der Waals surface area contributed by atoms with Gasteiger partial charge in [0.15, 0.2) is 18.6 Å². The lowest BCUT2D eigenvalue weighted by Crippen LogP contribution is -2.50. The highest BCUT2D eigenvalue weighted by molar-refractivity contribution is 5.79. The zero-order valence-corrected chi connectivity index (χ0v) is 19.2. The summed E-state index contributed by atoms with van der Waals surface area (Å²) in [7, 11) is 1.41. The Balaban J connectivity index is 1.50. The topological polar surface area (TPSA) is 109 Å². The number of aliphatic hydroxyl groups is 1. The van der Waals surface area contributed by atoms with E-state index < -0.39 is 12.3 Å². The molecular weight excluding hydrogens is 424 g/mol. The molecule has 2 atom stereocenters. The Labute approximate surface area is 193 Å². The average molecular weight is 459 g/mol. The van der Waals surface area contributed by atoms with E-state index in [-0.39, 0.29) is 11.5 Å². The van der Waals surface area contributed by atoms with Gasteiger partial charge < -0.3 is 29.3 Å². The second-order valence-corrected chi connectivity index (χ2v) is 8.68. The van der Waals surface area contributed by atoms with Crippen molar-refractivity contribution in [1.82, 2.24) is 9.88 Å². The van der Waals surface area contributed by atoms with Gasteiger partial charge in [-0.2, -0.15) is 0 Å². The van der Waals surface area contributed by atoms with Gasteiger partial charge in [0.25, 0.3) is 0 Å². The summed E-state index contributed by atoms with van der Waals surface area (Å²) < 4.78 is 11.1. The Kier molecular flexibility index (Phi) is 9.45. The number of benzene rings is 1. The summed E-state index contributed by atoms with van der Waals surface area (Å²) in [5.74, 6) is 0.946. The molecule has 1 aromatic carbocycles. The monoisotopic (exact) mass is 458 g/mol. The quantitative estimate of drug-likeness (QED) is 0.288. The van der Waals surface area contributed by atoms with Crippen molar-refractivity contribution in [2.24, 2.45) is 5.92 Å². The number of unbranched alkanes of at least 4 members (excludes halogenated alkanes) is 1. The van der Waals surface area contributed by atoms with Crippen LogP contribution >= 0.6 is 0 Å². The van der Waals surface area contributed by atoms with Gasteiger partial charge in [-0.25, -0.2) is 0 Å². The van der Waals surface area contributed by atoms with Crippen molar-refractivity contribution in [2.45, 2.75) is 63.7 Å². The van der Waals surface area contributed by atoms with Crippen LogP contribution < -0.4 is 10.3 Å². The fourth-order valence-corrected chi connectivity index (χ4v) is 4.45. The smallest absolute Gasteiger partial charge is 0.248 e. The van der Waals surface area contributed by atoms with E-state index in [0.29, 0.717) is 50.4 Å². The van der Waals surface area contributed by atoms with Crippen LogP contribution in [0.2, 0.25) is 0 Å². The molecule has 2 unspecified atom stereocenters. The number of carbonyl (C=O) groups is 2. The van der Waals surface area contributed by atoms with Crippen molar-refractivity contribution in [3.8, 4) is 5.75 Å². The number of aldehydes is 1. The minimum absolute atomic E-state index is 0.122. The van der Waals surface area contributed by atoms with E-state index >= 15 is 0 Å². The Bertz CT molecular complexity index is 969. The number of aromatic nitrogens is 1. The van der Waals surface area contributed by atoms with E-state index in [4.69, 9.17) is 9.47 Å². The summed E-state index contributed by atoms with van der Waals surface area (Å²) in [4.78, 5) is 39.8.